The number of hydrogen-bond acceptors (Lipinski definition) is 4. The lowest BCUT2D eigenvalue weighted by molar-refractivity contribution is -0.105. The molecular formula is C28H42ClN3O2. The molecule has 0 aromatic heterocycles. The Hall–Kier alpha value is -2.08. The maximum absolute atomic E-state index is 10.8. The predicted molar refractivity (Wildman–Crippen MR) is 144 cm³/mol. The number of aryl methyl sites for hydroxylation is 1. The maximum Gasteiger partial charge on any atom is 0.211 e. The van der Waals surface area contributed by atoms with Crippen molar-refractivity contribution in [3.63, 3.8) is 0 Å². The van der Waals surface area contributed by atoms with E-state index in [9.17, 15) is 9.90 Å². The first-order valence-corrected chi connectivity index (χ1v) is 12.7. The van der Waals surface area contributed by atoms with Crippen molar-refractivity contribution in [1.82, 2.24) is 10.2 Å². The number of halogens is 1. The van der Waals surface area contributed by atoms with Crippen LogP contribution in [-0.2, 0) is 24.1 Å². The second kappa shape index (κ2) is 15.8. The standard InChI is InChI=1S/C28H41N3O2.ClH/c1-2-17-31(18-9-4-3-8-15-29-16-14-23-10-6-5-7-11-23)26-13-12-24-21-28(33)27(30-22-32)20-25(24)19-26;/h5-7,10-11,20-22,26,29,33H,2-4,8-9,12-19H2,1H3,(H,30,32);1H/t26-;/m1./s1. The number of fused-ring (bicyclic) bond motifs is 1. The number of hydrogen-bond donors (Lipinski definition) is 3. The summed E-state index contributed by atoms with van der Waals surface area (Å²) in [7, 11) is 0. The average molecular weight is 488 g/mol. The first-order valence-electron chi connectivity index (χ1n) is 12.7. The van der Waals surface area contributed by atoms with Gasteiger partial charge < -0.3 is 20.6 Å². The molecule has 0 bridgehead atoms. The molecule has 2 aromatic rings. The van der Waals surface area contributed by atoms with Crippen molar-refractivity contribution >= 4 is 24.5 Å². The summed E-state index contributed by atoms with van der Waals surface area (Å²) in [6, 6.07) is 15.0. The Morgan fingerprint density at radius 1 is 1.03 bits per heavy atom. The number of rotatable bonds is 15. The average Bonchev–Trinajstić information content (AvgIpc) is 2.83. The monoisotopic (exact) mass is 487 g/mol. The summed E-state index contributed by atoms with van der Waals surface area (Å²) < 4.78 is 0. The molecule has 188 valence electrons. The third kappa shape index (κ3) is 8.94. The lowest BCUT2D eigenvalue weighted by Crippen LogP contribution is -2.40. The van der Waals surface area contributed by atoms with Gasteiger partial charge in [-0.2, -0.15) is 0 Å². The van der Waals surface area contributed by atoms with E-state index in [2.05, 4.69) is 52.8 Å². The quantitative estimate of drug-likeness (QED) is 0.180. The molecule has 0 spiro atoms. The molecule has 0 aliphatic heterocycles. The molecule has 34 heavy (non-hydrogen) atoms. The number of nitrogens with zero attached hydrogens (tertiary/aromatic N) is 1. The van der Waals surface area contributed by atoms with Gasteiger partial charge in [-0.25, -0.2) is 0 Å². The SMILES string of the molecule is CCCN(CCCCCCNCCc1ccccc1)[C@@H]1CCc2cc(O)c(NC=O)cc2C1.Cl. The predicted octanol–water partition coefficient (Wildman–Crippen LogP) is 5.34. The van der Waals surface area contributed by atoms with Crippen LogP contribution in [0.1, 0.15) is 62.1 Å². The van der Waals surface area contributed by atoms with E-state index in [0.717, 1.165) is 51.9 Å². The van der Waals surface area contributed by atoms with Crippen LogP contribution in [0.2, 0.25) is 0 Å². The van der Waals surface area contributed by atoms with Crippen LogP contribution in [0.4, 0.5) is 5.69 Å². The van der Waals surface area contributed by atoms with Crippen LogP contribution in [0.3, 0.4) is 0 Å². The van der Waals surface area contributed by atoms with E-state index in [4.69, 9.17) is 0 Å². The Bertz CT molecular complexity index is 847. The Morgan fingerprint density at radius 3 is 2.59 bits per heavy atom. The van der Waals surface area contributed by atoms with Crippen LogP contribution in [-0.4, -0.2) is 48.6 Å². The minimum Gasteiger partial charge on any atom is -0.506 e. The number of phenolic OH excluding ortho intramolecular Hbond substituents is 1. The third-order valence-corrected chi connectivity index (χ3v) is 6.74. The summed E-state index contributed by atoms with van der Waals surface area (Å²) in [5, 5.41) is 16.3. The van der Waals surface area contributed by atoms with Gasteiger partial charge in [0.1, 0.15) is 5.75 Å². The number of anilines is 1. The Balaban J connectivity index is 0.00000408. The van der Waals surface area contributed by atoms with E-state index in [1.807, 2.05) is 12.1 Å². The lowest BCUT2D eigenvalue weighted by atomic mass is 9.86. The van der Waals surface area contributed by atoms with E-state index >= 15 is 0 Å². The Kier molecular flexibility index (Phi) is 13.0. The minimum absolute atomic E-state index is 0. The highest BCUT2D eigenvalue weighted by molar-refractivity contribution is 5.85. The summed E-state index contributed by atoms with van der Waals surface area (Å²) in [4.78, 5) is 13.5. The number of phenols is 1. The van der Waals surface area contributed by atoms with Crippen molar-refractivity contribution in [3.05, 3.63) is 59.2 Å². The van der Waals surface area contributed by atoms with Crippen molar-refractivity contribution in [3.8, 4) is 5.75 Å². The van der Waals surface area contributed by atoms with E-state index in [0.29, 0.717) is 18.1 Å². The van der Waals surface area contributed by atoms with Gasteiger partial charge in [0.25, 0.3) is 0 Å². The largest absolute Gasteiger partial charge is 0.506 e. The van der Waals surface area contributed by atoms with Gasteiger partial charge in [0, 0.05) is 6.04 Å². The molecule has 3 rings (SSSR count). The number of amides is 1. The zero-order valence-electron chi connectivity index (χ0n) is 20.6. The highest BCUT2D eigenvalue weighted by atomic mass is 35.5. The summed E-state index contributed by atoms with van der Waals surface area (Å²) in [5.41, 5.74) is 4.40. The molecule has 3 N–H and O–H groups in total. The van der Waals surface area contributed by atoms with Crippen LogP contribution in [0.25, 0.3) is 0 Å². The molecule has 1 amide bonds. The minimum atomic E-state index is 0. The molecule has 5 nitrogen and oxygen atoms in total. The van der Waals surface area contributed by atoms with Crippen molar-refractivity contribution in [2.24, 2.45) is 0 Å². The molecule has 1 aliphatic carbocycles. The molecule has 1 atom stereocenters. The molecule has 0 saturated heterocycles. The molecular weight excluding hydrogens is 446 g/mol. The Labute approximate surface area is 211 Å². The van der Waals surface area contributed by atoms with Gasteiger partial charge >= 0.3 is 0 Å². The summed E-state index contributed by atoms with van der Waals surface area (Å²) in [6.45, 7) is 6.72. The van der Waals surface area contributed by atoms with Crippen molar-refractivity contribution in [2.45, 2.75) is 70.8 Å². The second-order valence-corrected chi connectivity index (χ2v) is 9.23. The molecule has 0 heterocycles. The summed E-state index contributed by atoms with van der Waals surface area (Å²) in [5.74, 6) is 0.166. The number of carbonyl (C=O) groups is 1. The van der Waals surface area contributed by atoms with Gasteiger partial charge in [-0.3, -0.25) is 4.79 Å². The molecule has 0 unspecified atom stereocenters. The fraction of sp³-hybridized carbons (Fsp3) is 0.536. The smallest absolute Gasteiger partial charge is 0.211 e. The van der Waals surface area contributed by atoms with E-state index in [1.165, 1.54) is 48.8 Å². The van der Waals surface area contributed by atoms with E-state index < -0.39 is 0 Å². The number of nitrogens with one attached hydrogen (secondary N) is 2. The van der Waals surface area contributed by atoms with Crippen LogP contribution < -0.4 is 10.6 Å². The van der Waals surface area contributed by atoms with Gasteiger partial charge in [0.05, 0.1) is 5.69 Å². The van der Waals surface area contributed by atoms with Crippen LogP contribution in [0.15, 0.2) is 42.5 Å². The summed E-state index contributed by atoms with van der Waals surface area (Å²) in [6.07, 6.45) is 11.1. The van der Waals surface area contributed by atoms with E-state index in [1.54, 1.807) is 0 Å². The van der Waals surface area contributed by atoms with Gasteiger partial charge in [-0.1, -0.05) is 50.1 Å². The van der Waals surface area contributed by atoms with Gasteiger partial charge in [0.2, 0.25) is 6.41 Å². The fourth-order valence-electron chi connectivity index (χ4n) is 4.95. The van der Waals surface area contributed by atoms with Crippen LogP contribution in [0.5, 0.6) is 5.75 Å². The highest BCUT2D eigenvalue weighted by Gasteiger charge is 2.24. The van der Waals surface area contributed by atoms with E-state index in [-0.39, 0.29) is 18.2 Å². The normalized spacial score (nSPS) is 14.9. The number of benzene rings is 2. The molecule has 0 fully saturated rings. The van der Waals surface area contributed by atoms with Crippen molar-refractivity contribution in [1.29, 1.82) is 0 Å². The molecule has 2 aromatic carbocycles. The molecule has 0 radical (unpaired) electrons. The van der Waals surface area contributed by atoms with Crippen molar-refractivity contribution < 1.29 is 9.90 Å². The molecule has 0 saturated carbocycles. The fourth-order valence-corrected chi connectivity index (χ4v) is 4.95. The van der Waals surface area contributed by atoms with Gasteiger partial charge in [-0.05, 0) is 99.9 Å². The maximum atomic E-state index is 10.8. The topological polar surface area (TPSA) is 64.6 Å². The van der Waals surface area contributed by atoms with Crippen LogP contribution in [0, 0.1) is 0 Å². The van der Waals surface area contributed by atoms with Crippen LogP contribution >= 0.6 is 12.4 Å². The third-order valence-electron chi connectivity index (χ3n) is 6.74. The van der Waals surface area contributed by atoms with Gasteiger partial charge in [-0.15, -0.1) is 12.4 Å². The first-order chi connectivity index (χ1) is 16.2. The molecule has 6 heteroatoms. The zero-order valence-corrected chi connectivity index (χ0v) is 21.4. The van der Waals surface area contributed by atoms with Gasteiger partial charge in [0.15, 0.2) is 0 Å². The van der Waals surface area contributed by atoms with Crippen molar-refractivity contribution in [2.75, 3.05) is 31.5 Å². The number of carbonyl (C=O) groups excluding carboxylic acids is 1. The first kappa shape index (κ1) is 28.2. The summed E-state index contributed by atoms with van der Waals surface area (Å²) >= 11 is 0. The number of unbranched alkanes of at least 4 members (excludes halogenated alkanes) is 3. The Morgan fingerprint density at radius 2 is 1.82 bits per heavy atom. The lowest BCUT2D eigenvalue weighted by Gasteiger charge is -2.35. The zero-order chi connectivity index (χ0) is 23.3. The number of aromatic hydroxyl groups is 1. The second-order valence-electron chi connectivity index (χ2n) is 9.23. The molecule has 1 aliphatic rings. The highest BCUT2D eigenvalue weighted by Crippen LogP contribution is 2.33.